The fourth-order valence-electron chi connectivity index (χ4n) is 2.37. The van der Waals surface area contributed by atoms with Crippen LogP contribution in [-0.4, -0.2) is 46.3 Å². The first-order valence-electron chi connectivity index (χ1n) is 7.78. The first-order valence-corrected chi connectivity index (χ1v) is 7.78. The van der Waals surface area contributed by atoms with Gasteiger partial charge in [0, 0.05) is 44.5 Å². The fourth-order valence-corrected chi connectivity index (χ4v) is 2.37. The normalized spacial score (nSPS) is 17.9. The van der Waals surface area contributed by atoms with Crippen molar-refractivity contribution in [3.05, 3.63) is 18.7 Å². The fraction of sp³-hybridized carbons (Fsp3) is 0.733. The third-order valence-corrected chi connectivity index (χ3v) is 3.78. The zero-order valence-electron chi connectivity index (χ0n) is 13.0. The number of hydrogen-bond donors (Lipinski definition) is 1. The molecule has 1 atom stereocenters. The number of carbonyl (C=O) groups excluding carboxylic acids is 1. The van der Waals surface area contributed by atoms with E-state index >= 15 is 0 Å². The predicted molar refractivity (Wildman–Crippen MR) is 80.4 cm³/mol. The van der Waals surface area contributed by atoms with Crippen molar-refractivity contribution in [2.45, 2.75) is 45.7 Å². The summed E-state index contributed by atoms with van der Waals surface area (Å²) in [6.07, 6.45) is 8.20. The number of hydrogen-bond acceptors (Lipinski definition) is 4. The Bertz CT molecular complexity index is 413. The maximum atomic E-state index is 12.1. The Morgan fingerprint density at radius 1 is 1.43 bits per heavy atom. The van der Waals surface area contributed by atoms with Crippen LogP contribution in [0.5, 0.6) is 0 Å². The molecule has 1 aliphatic rings. The second-order valence-corrected chi connectivity index (χ2v) is 5.90. The molecule has 0 spiro atoms. The van der Waals surface area contributed by atoms with E-state index in [-0.39, 0.29) is 11.9 Å². The van der Waals surface area contributed by atoms with E-state index in [0.29, 0.717) is 18.9 Å². The molecule has 1 aromatic rings. The Morgan fingerprint density at radius 2 is 2.29 bits per heavy atom. The van der Waals surface area contributed by atoms with Crippen LogP contribution in [0.3, 0.4) is 0 Å². The minimum Gasteiger partial charge on any atom is -0.351 e. The molecular formula is C15H26N4O2. The van der Waals surface area contributed by atoms with Crippen molar-refractivity contribution in [3.8, 4) is 0 Å². The van der Waals surface area contributed by atoms with Gasteiger partial charge in [0.25, 0.3) is 0 Å². The van der Waals surface area contributed by atoms with Gasteiger partial charge in [-0.3, -0.25) is 9.63 Å². The molecule has 1 aliphatic heterocycles. The maximum absolute atomic E-state index is 12.1. The Morgan fingerprint density at radius 3 is 2.90 bits per heavy atom. The average molecular weight is 294 g/mol. The number of hydroxylamine groups is 2. The highest BCUT2D eigenvalue weighted by Gasteiger charge is 2.18. The van der Waals surface area contributed by atoms with Gasteiger partial charge in [0.2, 0.25) is 5.91 Å². The van der Waals surface area contributed by atoms with E-state index in [1.165, 1.54) is 0 Å². The van der Waals surface area contributed by atoms with Gasteiger partial charge < -0.3 is 9.88 Å². The van der Waals surface area contributed by atoms with Crippen LogP contribution in [0.25, 0.3) is 0 Å². The number of nitrogens with one attached hydrogen (secondary N) is 1. The smallest absolute Gasteiger partial charge is 0.221 e. The second kappa shape index (κ2) is 8.14. The van der Waals surface area contributed by atoms with E-state index in [1.807, 2.05) is 15.8 Å². The maximum Gasteiger partial charge on any atom is 0.221 e. The van der Waals surface area contributed by atoms with Gasteiger partial charge in [-0.1, -0.05) is 13.8 Å². The molecule has 0 aliphatic carbocycles. The quantitative estimate of drug-likeness (QED) is 0.827. The molecular weight excluding hydrogens is 268 g/mol. The Hall–Kier alpha value is -1.40. The first kappa shape index (κ1) is 16.0. The minimum atomic E-state index is 0.0861. The van der Waals surface area contributed by atoms with Crippen LogP contribution in [0.1, 0.15) is 33.1 Å². The van der Waals surface area contributed by atoms with Gasteiger partial charge in [0.15, 0.2) is 0 Å². The predicted octanol–water partition coefficient (Wildman–Crippen LogP) is 1.44. The summed E-state index contributed by atoms with van der Waals surface area (Å²) in [5.74, 6) is 0.463. The van der Waals surface area contributed by atoms with Gasteiger partial charge in [0.05, 0.1) is 12.9 Å². The van der Waals surface area contributed by atoms with Crippen LogP contribution in [0, 0.1) is 5.92 Å². The van der Waals surface area contributed by atoms with Gasteiger partial charge >= 0.3 is 0 Å². The van der Waals surface area contributed by atoms with Gasteiger partial charge in [-0.2, -0.15) is 5.06 Å². The summed E-state index contributed by atoms with van der Waals surface area (Å²) < 4.78 is 2.00. The van der Waals surface area contributed by atoms with E-state index < -0.39 is 0 Å². The number of nitrogens with zero attached hydrogens (tertiary/aromatic N) is 3. The van der Waals surface area contributed by atoms with Crippen molar-refractivity contribution in [2.75, 3.05) is 19.7 Å². The zero-order chi connectivity index (χ0) is 15.1. The molecule has 1 aromatic heterocycles. The molecule has 21 heavy (non-hydrogen) atoms. The molecule has 0 bridgehead atoms. The lowest BCUT2D eigenvalue weighted by Gasteiger charge is -2.27. The van der Waals surface area contributed by atoms with Crippen LogP contribution in [0.15, 0.2) is 18.7 Å². The van der Waals surface area contributed by atoms with Crippen molar-refractivity contribution in [1.82, 2.24) is 19.9 Å². The van der Waals surface area contributed by atoms with E-state index in [9.17, 15) is 4.79 Å². The molecule has 2 heterocycles. The summed E-state index contributed by atoms with van der Waals surface area (Å²) in [5, 5.41) is 5.03. The Balaban J connectivity index is 1.75. The summed E-state index contributed by atoms with van der Waals surface area (Å²) in [6, 6.07) is 0.119. The molecule has 6 nitrogen and oxygen atoms in total. The summed E-state index contributed by atoms with van der Waals surface area (Å²) in [6.45, 7) is 7.36. The summed E-state index contributed by atoms with van der Waals surface area (Å²) in [7, 11) is 0. The monoisotopic (exact) mass is 294 g/mol. The number of carbonyl (C=O) groups is 1. The highest BCUT2D eigenvalue weighted by atomic mass is 16.7. The van der Waals surface area contributed by atoms with E-state index in [2.05, 4.69) is 24.1 Å². The molecule has 118 valence electrons. The molecule has 1 amide bonds. The van der Waals surface area contributed by atoms with Crippen molar-refractivity contribution < 1.29 is 9.63 Å². The number of imidazole rings is 1. The number of rotatable bonds is 7. The average Bonchev–Trinajstić information content (AvgIpc) is 2.98. The van der Waals surface area contributed by atoms with Crippen molar-refractivity contribution in [1.29, 1.82) is 0 Å². The Labute approximate surface area is 126 Å². The third-order valence-electron chi connectivity index (χ3n) is 3.78. The summed E-state index contributed by atoms with van der Waals surface area (Å²) >= 11 is 0. The molecule has 0 radical (unpaired) electrons. The van der Waals surface area contributed by atoms with Crippen molar-refractivity contribution in [3.63, 3.8) is 0 Å². The molecule has 1 N–H and O–H groups in total. The van der Waals surface area contributed by atoms with Gasteiger partial charge in [-0.05, 0) is 18.8 Å². The highest BCUT2D eigenvalue weighted by Crippen LogP contribution is 2.08. The van der Waals surface area contributed by atoms with Crippen molar-refractivity contribution >= 4 is 5.91 Å². The molecule has 0 aromatic carbocycles. The molecule has 0 saturated carbocycles. The van der Waals surface area contributed by atoms with Crippen LogP contribution in [0.4, 0.5) is 0 Å². The first-order chi connectivity index (χ1) is 10.1. The van der Waals surface area contributed by atoms with E-state index in [0.717, 1.165) is 32.5 Å². The topological polar surface area (TPSA) is 59.4 Å². The molecule has 6 heteroatoms. The van der Waals surface area contributed by atoms with Gasteiger partial charge in [-0.15, -0.1) is 0 Å². The standard InChI is InChI=1S/C15H26N4O2/c1-13(2)14(11-18-9-6-16-12-18)17-15(20)5-8-19-7-3-4-10-21-19/h6,9,12-14H,3-5,7-8,10-11H2,1-2H3,(H,17,20). The van der Waals surface area contributed by atoms with E-state index in [4.69, 9.17) is 4.84 Å². The summed E-state index contributed by atoms with van der Waals surface area (Å²) in [4.78, 5) is 21.7. The lowest BCUT2D eigenvalue weighted by Crippen LogP contribution is -2.43. The number of aromatic nitrogens is 2. The lowest BCUT2D eigenvalue weighted by molar-refractivity contribution is -0.181. The van der Waals surface area contributed by atoms with Crippen LogP contribution in [-0.2, 0) is 16.2 Å². The molecule has 2 rings (SSSR count). The SMILES string of the molecule is CC(C)C(Cn1ccnc1)NC(=O)CCN1CCCCO1. The molecule has 1 unspecified atom stereocenters. The Kier molecular flexibility index (Phi) is 6.20. The molecule has 1 fully saturated rings. The van der Waals surface area contributed by atoms with Crippen LogP contribution in [0.2, 0.25) is 0 Å². The van der Waals surface area contributed by atoms with Crippen molar-refractivity contribution in [2.24, 2.45) is 5.92 Å². The zero-order valence-corrected chi connectivity index (χ0v) is 13.0. The van der Waals surface area contributed by atoms with Gasteiger partial charge in [0.1, 0.15) is 0 Å². The summed E-state index contributed by atoms with van der Waals surface area (Å²) in [5.41, 5.74) is 0. The lowest BCUT2D eigenvalue weighted by atomic mass is 10.0. The third kappa shape index (κ3) is 5.47. The van der Waals surface area contributed by atoms with E-state index in [1.54, 1.807) is 12.5 Å². The largest absolute Gasteiger partial charge is 0.351 e. The molecule has 1 saturated heterocycles. The highest BCUT2D eigenvalue weighted by molar-refractivity contribution is 5.76. The van der Waals surface area contributed by atoms with Gasteiger partial charge in [-0.25, -0.2) is 4.98 Å². The van der Waals surface area contributed by atoms with Crippen LogP contribution >= 0.6 is 0 Å². The van der Waals surface area contributed by atoms with Crippen LogP contribution < -0.4 is 5.32 Å². The number of amides is 1. The minimum absolute atomic E-state index is 0.0861. The second-order valence-electron chi connectivity index (χ2n) is 5.90.